The number of morpholine rings is 1. The quantitative estimate of drug-likeness (QED) is 0.749. The van der Waals surface area contributed by atoms with Gasteiger partial charge in [-0.3, -0.25) is 0 Å². The second-order valence-corrected chi connectivity index (χ2v) is 4.66. The van der Waals surface area contributed by atoms with Crippen molar-refractivity contribution in [1.29, 1.82) is 0 Å². The second kappa shape index (κ2) is 4.20. The van der Waals surface area contributed by atoms with Gasteiger partial charge in [0.05, 0.1) is 13.2 Å². The lowest BCUT2D eigenvalue weighted by Gasteiger charge is -2.29. The first-order chi connectivity index (χ1) is 8.68. The molecule has 0 atom stereocenters. The number of hydrogen-bond donors (Lipinski definition) is 0. The molecule has 0 N–H and O–H groups in total. The maximum Gasteiger partial charge on any atom is 0.181 e. The molecule has 0 amide bonds. The third-order valence-corrected chi connectivity index (χ3v) is 3.54. The van der Waals surface area contributed by atoms with Crippen LogP contribution in [-0.4, -0.2) is 46.1 Å². The summed E-state index contributed by atoms with van der Waals surface area (Å²) in [5.74, 6) is 1.84. The summed E-state index contributed by atoms with van der Waals surface area (Å²) in [5, 5.41) is 12.9. The van der Waals surface area contributed by atoms with Crippen LogP contribution in [0.2, 0.25) is 0 Å². The molecule has 6 nitrogen and oxygen atoms in total. The maximum absolute atomic E-state index is 5.39. The van der Waals surface area contributed by atoms with Crippen LogP contribution in [-0.2, 0) is 4.74 Å². The van der Waals surface area contributed by atoms with Gasteiger partial charge in [-0.15, -0.1) is 15.3 Å². The Hall–Kier alpha value is -1.69. The first-order valence-corrected chi connectivity index (χ1v) is 6.20. The van der Waals surface area contributed by atoms with Crippen molar-refractivity contribution in [2.24, 2.45) is 0 Å². The number of aryl methyl sites for hydroxylation is 2. The number of nitrogens with zero attached hydrogens (tertiary/aromatic N) is 5. The van der Waals surface area contributed by atoms with Gasteiger partial charge in [0.25, 0.3) is 0 Å². The molecule has 2 aromatic heterocycles. The fourth-order valence-electron chi connectivity index (χ4n) is 2.29. The Morgan fingerprint density at radius 2 is 1.72 bits per heavy atom. The lowest BCUT2D eigenvalue weighted by molar-refractivity contribution is 0.122. The van der Waals surface area contributed by atoms with E-state index in [4.69, 9.17) is 4.74 Å². The zero-order valence-corrected chi connectivity index (χ0v) is 11.0. The molecule has 0 bridgehead atoms. The molecule has 1 aliphatic heterocycles. The molecule has 0 radical (unpaired) electrons. The molecule has 96 valence electrons. The molecule has 0 aromatic carbocycles. The van der Waals surface area contributed by atoms with E-state index in [2.05, 4.69) is 34.0 Å². The summed E-state index contributed by atoms with van der Waals surface area (Å²) in [6, 6.07) is 0. The summed E-state index contributed by atoms with van der Waals surface area (Å²) in [4.78, 5) is 2.27. The molecule has 1 fully saturated rings. The fraction of sp³-hybridized carbons (Fsp3) is 0.583. The van der Waals surface area contributed by atoms with E-state index >= 15 is 0 Å². The highest BCUT2D eigenvalue weighted by Crippen LogP contribution is 2.23. The molecule has 3 heterocycles. The Kier molecular flexibility index (Phi) is 2.66. The van der Waals surface area contributed by atoms with Gasteiger partial charge < -0.3 is 9.64 Å². The van der Waals surface area contributed by atoms with Crippen molar-refractivity contribution in [1.82, 2.24) is 19.8 Å². The maximum atomic E-state index is 5.39. The average Bonchev–Trinajstić information content (AvgIpc) is 2.77. The number of hydrogen-bond acceptors (Lipinski definition) is 5. The lowest BCUT2D eigenvalue weighted by Crippen LogP contribution is -2.37. The van der Waals surface area contributed by atoms with Gasteiger partial charge in [-0.1, -0.05) is 0 Å². The van der Waals surface area contributed by atoms with Crippen LogP contribution in [0.25, 0.3) is 5.65 Å². The lowest BCUT2D eigenvalue weighted by atomic mass is 10.1. The summed E-state index contributed by atoms with van der Waals surface area (Å²) in [6.07, 6.45) is 0. The number of aromatic nitrogens is 4. The van der Waals surface area contributed by atoms with Gasteiger partial charge in [-0.2, -0.15) is 4.52 Å². The number of rotatable bonds is 1. The Morgan fingerprint density at radius 3 is 2.44 bits per heavy atom. The molecule has 3 rings (SSSR count). The molecule has 6 heteroatoms. The second-order valence-electron chi connectivity index (χ2n) is 4.66. The summed E-state index contributed by atoms with van der Waals surface area (Å²) >= 11 is 0. The van der Waals surface area contributed by atoms with Crippen molar-refractivity contribution in [2.75, 3.05) is 31.2 Å². The predicted molar refractivity (Wildman–Crippen MR) is 68.0 cm³/mol. The fourth-order valence-corrected chi connectivity index (χ4v) is 2.29. The van der Waals surface area contributed by atoms with Gasteiger partial charge in [0.15, 0.2) is 17.3 Å². The highest BCUT2D eigenvalue weighted by molar-refractivity contribution is 5.59. The first kappa shape index (κ1) is 11.4. The summed E-state index contributed by atoms with van der Waals surface area (Å²) in [7, 11) is 0. The first-order valence-electron chi connectivity index (χ1n) is 6.20. The van der Waals surface area contributed by atoms with E-state index in [0.29, 0.717) is 0 Å². The van der Waals surface area contributed by atoms with Crippen LogP contribution in [0.1, 0.15) is 17.0 Å². The van der Waals surface area contributed by atoms with Crippen LogP contribution in [0.15, 0.2) is 0 Å². The minimum absolute atomic E-state index is 0.763. The van der Waals surface area contributed by atoms with Crippen molar-refractivity contribution in [3.05, 3.63) is 17.0 Å². The van der Waals surface area contributed by atoms with Gasteiger partial charge >= 0.3 is 0 Å². The molecular weight excluding hydrogens is 230 g/mol. The minimum Gasteiger partial charge on any atom is -0.378 e. The van der Waals surface area contributed by atoms with Gasteiger partial charge in [0.2, 0.25) is 0 Å². The molecule has 18 heavy (non-hydrogen) atoms. The van der Waals surface area contributed by atoms with Gasteiger partial charge in [0.1, 0.15) is 0 Å². The van der Waals surface area contributed by atoms with E-state index in [1.54, 1.807) is 0 Å². The number of ether oxygens (including phenoxy) is 1. The molecule has 0 aliphatic carbocycles. The zero-order valence-electron chi connectivity index (χ0n) is 11.0. The van der Waals surface area contributed by atoms with Crippen LogP contribution in [0.3, 0.4) is 0 Å². The van der Waals surface area contributed by atoms with E-state index < -0.39 is 0 Å². The topological polar surface area (TPSA) is 55.5 Å². The van der Waals surface area contributed by atoms with Crippen LogP contribution < -0.4 is 4.90 Å². The van der Waals surface area contributed by atoms with Gasteiger partial charge in [0, 0.05) is 24.2 Å². The molecule has 0 unspecified atom stereocenters. The minimum atomic E-state index is 0.763. The molecule has 1 aliphatic rings. The van der Waals surface area contributed by atoms with E-state index in [1.165, 1.54) is 5.56 Å². The van der Waals surface area contributed by atoms with Crippen molar-refractivity contribution >= 4 is 11.5 Å². The van der Waals surface area contributed by atoms with Crippen LogP contribution in [0.5, 0.6) is 0 Å². The summed E-state index contributed by atoms with van der Waals surface area (Å²) < 4.78 is 7.21. The number of anilines is 1. The van der Waals surface area contributed by atoms with Gasteiger partial charge in [-0.05, 0) is 20.8 Å². The van der Waals surface area contributed by atoms with Crippen LogP contribution >= 0.6 is 0 Å². The van der Waals surface area contributed by atoms with Crippen LogP contribution in [0, 0.1) is 20.8 Å². The Bertz CT molecular complexity index is 586. The Labute approximate surface area is 106 Å². The predicted octanol–water partition coefficient (Wildman–Crippen LogP) is 0.886. The summed E-state index contributed by atoms with van der Waals surface area (Å²) in [6.45, 7) is 9.39. The van der Waals surface area contributed by atoms with Crippen molar-refractivity contribution in [3.63, 3.8) is 0 Å². The molecular formula is C12H17N5O. The molecule has 0 spiro atoms. The van der Waals surface area contributed by atoms with Crippen molar-refractivity contribution < 1.29 is 4.74 Å². The largest absolute Gasteiger partial charge is 0.378 e. The SMILES string of the molecule is Cc1c(N2CCOCC2)nn2c(C)nnc2c1C. The summed E-state index contributed by atoms with van der Waals surface area (Å²) in [5.41, 5.74) is 3.17. The normalized spacial score (nSPS) is 16.5. The van der Waals surface area contributed by atoms with E-state index in [-0.39, 0.29) is 0 Å². The molecule has 1 saturated heterocycles. The standard InChI is InChI=1S/C12H17N5O/c1-8-9(2)12(16-4-6-18-7-5-16)15-17-10(3)13-14-11(8)17/h4-7H2,1-3H3. The highest BCUT2D eigenvalue weighted by Gasteiger charge is 2.19. The van der Waals surface area contributed by atoms with Crippen molar-refractivity contribution in [2.45, 2.75) is 20.8 Å². The Morgan fingerprint density at radius 1 is 1.00 bits per heavy atom. The van der Waals surface area contributed by atoms with Crippen LogP contribution in [0.4, 0.5) is 5.82 Å². The van der Waals surface area contributed by atoms with E-state index in [0.717, 1.165) is 49.2 Å². The van der Waals surface area contributed by atoms with Crippen molar-refractivity contribution in [3.8, 4) is 0 Å². The average molecular weight is 247 g/mol. The zero-order chi connectivity index (χ0) is 12.7. The number of fused-ring (bicyclic) bond motifs is 1. The molecule has 0 saturated carbocycles. The Balaban J connectivity index is 2.15. The van der Waals surface area contributed by atoms with E-state index in [1.807, 2.05) is 11.4 Å². The van der Waals surface area contributed by atoms with Gasteiger partial charge in [-0.25, -0.2) is 0 Å². The molecule has 2 aromatic rings. The van der Waals surface area contributed by atoms with E-state index in [9.17, 15) is 0 Å². The smallest absolute Gasteiger partial charge is 0.181 e. The third-order valence-electron chi connectivity index (χ3n) is 3.54. The monoisotopic (exact) mass is 247 g/mol. The third kappa shape index (κ3) is 1.64. The highest BCUT2D eigenvalue weighted by atomic mass is 16.5.